The first-order valence-electron chi connectivity index (χ1n) is 11.9. The number of carbonyl (C=O) groups is 2. The summed E-state index contributed by atoms with van der Waals surface area (Å²) in [6, 6.07) is 18.3. The summed E-state index contributed by atoms with van der Waals surface area (Å²) in [6.45, 7) is 6.62. The van der Waals surface area contributed by atoms with Gasteiger partial charge in [0, 0.05) is 6.54 Å². The molecule has 3 rings (SSSR count). The van der Waals surface area contributed by atoms with E-state index in [1.165, 1.54) is 0 Å². The smallest absolute Gasteiger partial charge is 0.262 e. The number of benzene rings is 3. The van der Waals surface area contributed by atoms with Crippen LogP contribution in [-0.4, -0.2) is 39.2 Å². The first kappa shape index (κ1) is 28.1. The van der Waals surface area contributed by atoms with E-state index in [2.05, 4.69) is 47.3 Å². The zero-order chi connectivity index (χ0) is 27.0. The molecule has 0 heterocycles. The van der Waals surface area contributed by atoms with Crippen molar-refractivity contribution in [3.63, 3.8) is 0 Å². The van der Waals surface area contributed by atoms with E-state index >= 15 is 0 Å². The molecular weight excluding hydrogens is 536 g/mol. The fraction of sp³-hybridized carbons (Fsp3) is 0.310. The number of rotatable bonds is 10. The summed E-state index contributed by atoms with van der Waals surface area (Å²) in [6.07, 6.45) is 0.608. The van der Waals surface area contributed by atoms with E-state index in [-0.39, 0.29) is 23.8 Å². The summed E-state index contributed by atoms with van der Waals surface area (Å²) < 4.78 is 17.1. The molecule has 0 unspecified atom stereocenters. The van der Waals surface area contributed by atoms with Crippen molar-refractivity contribution in [1.29, 1.82) is 0 Å². The molecule has 2 amide bonds. The number of methoxy groups -OCH3 is 2. The van der Waals surface area contributed by atoms with Crippen molar-refractivity contribution in [3.05, 3.63) is 81.8 Å². The fourth-order valence-corrected chi connectivity index (χ4v) is 4.15. The standard InChI is InChI=1S/C29H33BrN2O5/c1-29(2,3)20-11-13-24(22(30)17-20)37-18-27(33)32-23-9-7-6-8-21(23)28(34)31-15-14-19-10-12-25(35-4)26(16-19)36-5/h6-13,16-17H,14-15,18H2,1-5H3,(H,31,34)(H,32,33). The van der Waals surface area contributed by atoms with Gasteiger partial charge in [-0.25, -0.2) is 0 Å². The van der Waals surface area contributed by atoms with E-state index in [4.69, 9.17) is 14.2 Å². The molecule has 3 aromatic rings. The van der Waals surface area contributed by atoms with Gasteiger partial charge in [-0.3, -0.25) is 9.59 Å². The Morgan fingerprint density at radius 2 is 1.59 bits per heavy atom. The fourth-order valence-electron chi connectivity index (χ4n) is 3.66. The average molecular weight is 569 g/mol. The molecule has 0 aromatic heterocycles. The number of ether oxygens (including phenoxy) is 3. The van der Waals surface area contributed by atoms with Gasteiger partial charge in [-0.2, -0.15) is 0 Å². The maximum atomic E-state index is 12.9. The maximum absolute atomic E-state index is 12.9. The van der Waals surface area contributed by atoms with Crippen LogP contribution in [0.1, 0.15) is 42.3 Å². The normalized spacial score (nSPS) is 11.0. The third-order valence-electron chi connectivity index (χ3n) is 5.75. The average Bonchev–Trinajstić information content (AvgIpc) is 2.87. The summed E-state index contributed by atoms with van der Waals surface area (Å²) in [5, 5.41) is 5.69. The second kappa shape index (κ2) is 12.6. The van der Waals surface area contributed by atoms with E-state index in [0.29, 0.717) is 41.5 Å². The van der Waals surface area contributed by atoms with Crippen LogP contribution < -0.4 is 24.8 Å². The molecule has 0 radical (unpaired) electrons. The van der Waals surface area contributed by atoms with Gasteiger partial charge in [-0.15, -0.1) is 0 Å². The minimum Gasteiger partial charge on any atom is -0.493 e. The number of hydrogen-bond donors (Lipinski definition) is 2. The van der Waals surface area contributed by atoms with Gasteiger partial charge in [0.15, 0.2) is 18.1 Å². The molecule has 196 valence electrons. The Kier molecular flexibility index (Phi) is 9.58. The number of carbonyl (C=O) groups excluding carboxylic acids is 2. The van der Waals surface area contributed by atoms with Crippen LogP contribution in [0.3, 0.4) is 0 Å². The highest BCUT2D eigenvalue weighted by Crippen LogP contribution is 2.31. The summed E-state index contributed by atoms with van der Waals surface area (Å²) in [7, 11) is 3.17. The molecule has 0 saturated heterocycles. The van der Waals surface area contributed by atoms with Crippen LogP contribution in [0.4, 0.5) is 5.69 Å². The van der Waals surface area contributed by atoms with Crippen molar-refractivity contribution >= 4 is 33.4 Å². The first-order chi connectivity index (χ1) is 17.6. The van der Waals surface area contributed by atoms with E-state index in [9.17, 15) is 9.59 Å². The number of amides is 2. The largest absolute Gasteiger partial charge is 0.493 e. The van der Waals surface area contributed by atoms with Gasteiger partial charge < -0.3 is 24.8 Å². The molecule has 0 bridgehead atoms. The molecule has 37 heavy (non-hydrogen) atoms. The highest BCUT2D eigenvalue weighted by atomic mass is 79.9. The molecule has 0 spiro atoms. The predicted octanol–water partition coefficient (Wildman–Crippen LogP) is 5.75. The minimum atomic E-state index is -0.364. The van der Waals surface area contributed by atoms with E-state index in [1.54, 1.807) is 38.5 Å². The third kappa shape index (κ3) is 7.73. The van der Waals surface area contributed by atoms with Crippen LogP contribution in [0.25, 0.3) is 0 Å². The second-order valence-corrected chi connectivity index (χ2v) is 10.3. The maximum Gasteiger partial charge on any atom is 0.262 e. The Balaban J connectivity index is 1.57. The van der Waals surface area contributed by atoms with Crippen LogP contribution in [0.2, 0.25) is 0 Å². The van der Waals surface area contributed by atoms with Crippen molar-refractivity contribution in [2.75, 3.05) is 32.7 Å². The highest BCUT2D eigenvalue weighted by molar-refractivity contribution is 9.10. The Labute approximate surface area is 226 Å². The Hall–Kier alpha value is -3.52. The number of hydrogen-bond acceptors (Lipinski definition) is 5. The van der Waals surface area contributed by atoms with Crippen LogP contribution in [0, 0.1) is 0 Å². The lowest BCUT2D eigenvalue weighted by atomic mass is 9.87. The molecule has 8 heteroatoms. The summed E-state index contributed by atoms with van der Waals surface area (Å²) in [5.74, 6) is 1.22. The molecule has 0 atom stereocenters. The molecular formula is C29H33BrN2O5. The lowest BCUT2D eigenvalue weighted by molar-refractivity contribution is -0.118. The van der Waals surface area contributed by atoms with E-state index in [1.807, 2.05) is 36.4 Å². The van der Waals surface area contributed by atoms with Crippen LogP contribution >= 0.6 is 15.9 Å². The van der Waals surface area contributed by atoms with Crippen LogP contribution in [-0.2, 0) is 16.6 Å². The van der Waals surface area contributed by atoms with Gasteiger partial charge in [-0.05, 0) is 75.3 Å². The van der Waals surface area contributed by atoms with Gasteiger partial charge in [0.2, 0.25) is 0 Å². The lowest BCUT2D eigenvalue weighted by Gasteiger charge is -2.20. The van der Waals surface area contributed by atoms with E-state index < -0.39 is 0 Å². The first-order valence-corrected chi connectivity index (χ1v) is 12.7. The Morgan fingerprint density at radius 3 is 2.27 bits per heavy atom. The van der Waals surface area contributed by atoms with Gasteiger partial charge >= 0.3 is 0 Å². The van der Waals surface area contributed by atoms with Crippen molar-refractivity contribution in [1.82, 2.24) is 5.32 Å². The molecule has 0 fully saturated rings. The van der Waals surface area contributed by atoms with Crippen molar-refractivity contribution in [2.24, 2.45) is 0 Å². The molecule has 3 aromatic carbocycles. The molecule has 0 aliphatic rings. The number of anilines is 1. The molecule has 0 aliphatic carbocycles. The lowest BCUT2D eigenvalue weighted by Crippen LogP contribution is -2.28. The summed E-state index contributed by atoms with van der Waals surface area (Å²) in [5.41, 5.74) is 2.95. The van der Waals surface area contributed by atoms with Gasteiger partial charge in [0.05, 0.1) is 29.9 Å². The minimum absolute atomic E-state index is 0.00418. The predicted molar refractivity (Wildman–Crippen MR) is 149 cm³/mol. The van der Waals surface area contributed by atoms with Crippen molar-refractivity contribution in [3.8, 4) is 17.2 Å². The molecule has 2 N–H and O–H groups in total. The summed E-state index contributed by atoms with van der Waals surface area (Å²) >= 11 is 3.52. The number of halogens is 1. The van der Waals surface area contributed by atoms with Gasteiger partial charge in [0.1, 0.15) is 5.75 Å². The van der Waals surface area contributed by atoms with Crippen molar-refractivity contribution < 1.29 is 23.8 Å². The highest BCUT2D eigenvalue weighted by Gasteiger charge is 2.17. The zero-order valence-electron chi connectivity index (χ0n) is 21.8. The molecule has 0 aliphatic heterocycles. The monoisotopic (exact) mass is 568 g/mol. The SMILES string of the molecule is COc1ccc(CCNC(=O)c2ccccc2NC(=O)COc2ccc(C(C)(C)C)cc2Br)cc1OC. The third-order valence-corrected chi connectivity index (χ3v) is 6.37. The van der Waals surface area contributed by atoms with E-state index in [0.717, 1.165) is 15.6 Å². The zero-order valence-corrected chi connectivity index (χ0v) is 23.4. The van der Waals surface area contributed by atoms with Crippen LogP contribution in [0.5, 0.6) is 17.2 Å². The number of nitrogens with one attached hydrogen (secondary N) is 2. The van der Waals surface area contributed by atoms with Gasteiger partial charge in [0.25, 0.3) is 11.8 Å². The Morgan fingerprint density at radius 1 is 0.892 bits per heavy atom. The number of para-hydroxylation sites is 1. The summed E-state index contributed by atoms with van der Waals surface area (Å²) in [4.78, 5) is 25.5. The topological polar surface area (TPSA) is 85.9 Å². The van der Waals surface area contributed by atoms with Crippen molar-refractivity contribution in [2.45, 2.75) is 32.6 Å². The molecule has 0 saturated carbocycles. The quantitative estimate of drug-likeness (QED) is 0.325. The second-order valence-electron chi connectivity index (χ2n) is 9.47. The molecule has 7 nitrogen and oxygen atoms in total. The van der Waals surface area contributed by atoms with Crippen LogP contribution in [0.15, 0.2) is 65.1 Å². The Bertz CT molecular complexity index is 1250. The van der Waals surface area contributed by atoms with Gasteiger partial charge in [-0.1, -0.05) is 45.0 Å².